The summed E-state index contributed by atoms with van der Waals surface area (Å²) < 4.78 is 15.4. The van der Waals surface area contributed by atoms with Crippen molar-refractivity contribution in [2.45, 2.75) is 25.9 Å². The quantitative estimate of drug-likeness (QED) is 0.567. The van der Waals surface area contributed by atoms with E-state index >= 15 is 0 Å². The summed E-state index contributed by atoms with van der Waals surface area (Å²) in [5.41, 5.74) is 5.01. The molecule has 7 nitrogen and oxygen atoms in total. The van der Waals surface area contributed by atoms with Crippen molar-refractivity contribution in [1.29, 1.82) is 0 Å². The van der Waals surface area contributed by atoms with Gasteiger partial charge in [0.2, 0.25) is 0 Å². The van der Waals surface area contributed by atoms with Crippen LogP contribution >= 0.6 is 0 Å². The fraction of sp³-hybridized carbons (Fsp3) is 0.273. The molecule has 3 aromatic heterocycles. The van der Waals surface area contributed by atoms with Gasteiger partial charge in [-0.25, -0.2) is 13.9 Å². The molecule has 0 spiro atoms. The summed E-state index contributed by atoms with van der Waals surface area (Å²) in [4.78, 5) is 7.33. The molecule has 0 bridgehead atoms. The molecule has 4 aromatic rings. The van der Waals surface area contributed by atoms with Crippen LogP contribution in [0.1, 0.15) is 13.8 Å². The number of rotatable bonds is 3. The van der Waals surface area contributed by atoms with Crippen molar-refractivity contribution < 1.29 is 4.39 Å². The van der Waals surface area contributed by atoms with Gasteiger partial charge in [-0.05, 0) is 50.2 Å². The van der Waals surface area contributed by atoms with Crippen LogP contribution in [-0.2, 0) is 0 Å². The van der Waals surface area contributed by atoms with Crippen molar-refractivity contribution in [3.63, 3.8) is 0 Å². The number of anilines is 1. The molecule has 1 fully saturated rings. The Morgan fingerprint density at radius 2 is 1.70 bits per heavy atom. The van der Waals surface area contributed by atoms with Crippen LogP contribution < -0.4 is 10.2 Å². The van der Waals surface area contributed by atoms with E-state index in [9.17, 15) is 4.39 Å². The molecule has 30 heavy (non-hydrogen) atoms. The van der Waals surface area contributed by atoms with E-state index in [2.05, 4.69) is 39.4 Å². The molecule has 1 saturated heterocycles. The summed E-state index contributed by atoms with van der Waals surface area (Å²) in [5.74, 6) is -0.280. The summed E-state index contributed by atoms with van der Waals surface area (Å²) in [5, 5.41) is 16.1. The number of aromatic nitrogens is 5. The summed E-state index contributed by atoms with van der Waals surface area (Å²) in [6, 6.07) is 11.0. The maximum absolute atomic E-state index is 13.5. The Bertz CT molecular complexity index is 1160. The SMILES string of the molecule is C[C@@H]1CN(c2ccnn3c(-c4ccnnc4)c(-c4ccc(F)cc4)nc23)C[C@H](C)N1. The highest BCUT2D eigenvalue weighted by molar-refractivity contribution is 5.84. The maximum atomic E-state index is 13.5. The zero-order chi connectivity index (χ0) is 20.7. The summed E-state index contributed by atoms with van der Waals surface area (Å²) in [7, 11) is 0. The number of hydrogen-bond acceptors (Lipinski definition) is 6. The second-order valence-corrected chi connectivity index (χ2v) is 7.77. The van der Waals surface area contributed by atoms with Crippen LogP contribution in [0.5, 0.6) is 0 Å². The molecule has 152 valence electrons. The third-order valence-corrected chi connectivity index (χ3v) is 5.37. The van der Waals surface area contributed by atoms with Gasteiger partial charge < -0.3 is 10.2 Å². The predicted octanol–water partition coefficient (Wildman–Crippen LogP) is 3.18. The lowest BCUT2D eigenvalue weighted by atomic mass is 10.1. The summed E-state index contributed by atoms with van der Waals surface area (Å²) in [6.45, 7) is 6.14. The lowest BCUT2D eigenvalue weighted by Crippen LogP contribution is -2.54. The Labute approximate surface area is 173 Å². The van der Waals surface area contributed by atoms with E-state index in [0.717, 1.165) is 46.9 Å². The fourth-order valence-corrected chi connectivity index (χ4v) is 4.20. The van der Waals surface area contributed by atoms with E-state index in [0.29, 0.717) is 12.1 Å². The molecule has 4 heterocycles. The molecular formula is C22H22FN7. The molecule has 1 aromatic carbocycles. The van der Waals surface area contributed by atoms with Crippen LogP contribution in [0, 0.1) is 5.82 Å². The van der Waals surface area contributed by atoms with Gasteiger partial charge in [-0.2, -0.15) is 15.3 Å². The first-order valence-corrected chi connectivity index (χ1v) is 10.0. The zero-order valence-corrected chi connectivity index (χ0v) is 16.8. The summed E-state index contributed by atoms with van der Waals surface area (Å²) >= 11 is 0. The van der Waals surface area contributed by atoms with Crippen molar-refractivity contribution in [1.82, 2.24) is 30.1 Å². The molecule has 1 N–H and O–H groups in total. The standard InChI is InChI=1S/C22H22FN7/c1-14-12-29(13-15(2)27-14)19-8-10-26-30-21(17-7-9-24-25-11-17)20(28-22(19)30)16-3-5-18(23)6-4-16/h3-11,14-15,27H,12-13H2,1-2H3/t14-,15+. The van der Waals surface area contributed by atoms with Crippen LogP contribution in [0.25, 0.3) is 28.2 Å². The zero-order valence-electron chi connectivity index (χ0n) is 16.8. The Morgan fingerprint density at radius 3 is 2.40 bits per heavy atom. The van der Waals surface area contributed by atoms with Gasteiger partial charge in [0.15, 0.2) is 5.65 Å². The van der Waals surface area contributed by atoms with Gasteiger partial charge in [-0.1, -0.05) is 0 Å². The highest BCUT2D eigenvalue weighted by Gasteiger charge is 2.25. The van der Waals surface area contributed by atoms with Gasteiger partial charge in [-0.3, -0.25) is 0 Å². The van der Waals surface area contributed by atoms with Crippen LogP contribution in [0.3, 0.4) is 0 Å². The van der Waals surface area contributed by atoms with Gasteiger partial charge >= 0.3 is 0 Å². The first-order chi connectivity index (χ1) is 14.6. The van der Waals surface area contributed by atoms with Crippen LogP contribution in [0.15, 0.2) is 55.0 Å². The molecule has 0 amide bonds. The second kappa shape index (κ2) is 7.46. The van der Waals surface area contributed by atoms with E-state index in [1.54, 1.807) is 30.7 Å². The molecule has 1 aliphatic rings. The monoisotopic (exact) mass is 403 g/mol. The predicted molar refractivity (Wildman–Crippen MR) is 114 cm³/mol. The number of hydrogen-bond donors (Lipinski definition) is 1. The third-order valence-electron chi connectivity index (χ3n) is 5.37. The van der Waals surface area contributed by atoms with Gasteiger partial charge in [0.1, 0.15) is 11.5 Å². The first-order valence-electron chi connectivity index (χ1n) is 10.0. The number of halogens is 1. The molecule has 1 aliphatic heterocycles. The minimum Gasteiger partial charge on any atom is -0.365 e. The van der Waals surface area contributed by atoms with Gasteiger partial charge in [0, 0.05) is 36.3 Å². The Kier molecular flexibility index (Phi) is 4.63. The number of piperazine rings is 1. The molecule has 8 heteroatoms. The first kappa shape index (κ1) is 18.6. The van der Waals surface area contributed by atoms with Crippen LogP contribution in [0.4, 0.5) is 10.1 Å². The van der Waals surface area contributed by atoms with E-state index < -0.39 is 0 Å². The minimum absolute atomic E-state index is 0.280. The number of nitrogens with zero attached hydrogens (tertiary/aromatic N) is 6. The number of imidazole rings is 1. The topological polar surface area (TPSA) is 71.2 Å². The van der Waals surface area contributed by atoms with Gasteiger partial charge in [-0.15, -0.1) is 0 Å². The van der Waals surface area contributed by atoms with Crippen molar-refractivity contribution >= 4 is 11.3 Å². The van der Waals surface area contributed by atoms with Crippen molar-refractivity contribution in [3.8, 4) is 22.5 Å². The molecule has 0 saturated carbocycles. The Morgan fingerprint density at radius 1 is 0.933 bits per heavy atom. The van der Waals surface area contributed by atoms with E-state index in [1.807, 2.05) is 16.6 Å². The number of benzene rings is 1. The lowest BCUT2D eigenvalue weighted by molar-refractivity contribution is 0.407. The lowest BCUT2D eigenvalue weighted by Gasteiger charge is -2.37. The molecular weight excluding hydrogens is 381 g/mol. The molecule has 2 atom stereocenters. The van der Waals surface area contributed by atoms with Crippen LogP contribution in [0.2, 0.25) is 0 Å². The molecule has 5 rings (SSSR count). The minimum atomic E-state index is -0.280. The molecule has 0 aliphatic carbocycles. The van der Waals surface area contributed by atoms with E-state index in [4.69, 9.17) is 4.98 Å². The van der Waals surface area contributed by atoms with E-state index in [-0.39, 0.29) is 5.82 Å². The number of fused-ring (bicyclic) bond motifs is 1. The Balaban J connectivity index is 1.74. The van der Waals surface area contributed by atoms with Crippen molar-refractivity contribution in [2.24, 2.45) is 0 Å². The smallest absolute Gasteiger partial charge is 0.178 e. The third kappa shape index (κ3) is 3.29. The highest BCUT2D eigenvalue weighted by Crippen LogP contribution is 2.35. The average molecular weight is 403 g/mol. The van der Waals surface area contributed by atoms with E-state index in [1.165, 1.54) is 12.1 Å². The van der Waals surface area contributed by atoms with Gasteiger partial charge in [0.05, 0.1) is 30.0 Å². The van der Waals surface area contributed by atoms with Crippen LogP contribution in [-0.4, -0.2) is 50.0 Å². The van der Waals surface area contributed by atoms with Gasteiger partial charge in [0.25, 0.3) is 0 Å². The fourth-order valence-electron chi connectivity index (χ4n) is 4.20. The normalized spacial score (nSPS) is 19.4. The molecule has 0 unspecified atom stereocenters. The van der Waals surface area contributed by atoms with Crippen molar-refractivity contribution in [2.75, 3.05) is 18.0 Å². The highest BCUT2D eigenvalue weighted by atomic mass is 19.1. The average Bonchev–Trinajstić information content (AvgIpc) is 3.14. The Hall–Kier alpha value is -3.39. The van der Waals surface area contributed by atoms with Crippen molar-refractivity contribution in [3.05, 3.63) is 60.8 Å². The number of nitrogens with one attached hydrogen (secondary N) is 1. The largest absolute Gasteiger partial charge is 0.365 e. The maximum Gasteiger partial charge on any atom is 0.178 e. The molecule has 0 radical (unpaired) electrons. The second-order valence-electron chi connectivity index (χ2n) is 7.77. The summed E-state index contributed by atoms with van der Waals surface area (Å²) in [6.07, 6.45) is 5.14.